The van der Waals surface area contributed by atoms with Crippen LogP contribution in [0, 0.1) is 17.3 Å². The third kappa shape index (κ3) is 4.12. The van der Waals surface area contributed by atoms with Crippen molar-refractivity contribution in [3.8, 4) is 0 Å². The number of piperidine rings is 2. The molecular weight excluding hydrogens is 308 g/mol. The average Bonchev–Trinajstić information content (AvgIpc) is 2.46. The first-order valence-corrected chi connectivity index (χ1v) is 9.99. The van der Waals surface area contributed by atoms with Gasteiger partial charge in [0.2, 0.25) is 0 Å². The maximum atomic E-state index is 12.7. The van der Waals surface area contributed by atoms with E-state index in [1.54, 1.807) is 8.61 Å². The van der Waals surface area contributed by atoms with Crippen LogP contribution in [0.2, 0.25) is 0 Å². The Morgan fingerprint density at radius 2 is 1.38 bits per heavy atom. The Labute approximate surface area is 135 Å². The van der Waals surface area contributed by atoms with Crippen LogP contribution in [-0.2, 0) is 10.2 Å². The molecule has 2 saturated heterocycles. The Bertz CT molecular complexity index is 431. The highest BCUT2D eigenvalue weighted by molar-refractivity contribution is 7.86. The molecule has 0 saturated carbocycles. The minimum Gasteiger partial charge on any atom is -0.195 e. The van der Waals surface area contributed by atoms with Gasteiger partial charge in [-0.15, -0.1) is 11.6 Å². The third-order valence-electron chi connectivity index (χ3n) is 5.12. The lowest BCUT2D eigenvalue weighted by Gasteiger charge is -2.40. The van der Waals surface area contributed by atoms with Crippen molar-refractivity contribution in [1.82, 2.24) is 8.61 Å². The number of hydrogen-bond acceptors (Lipinski definition) is 2. The van der Waals surface area contributed by atoms with Gasteiger partial charge in [-0.3, -0.25) is 0 Å². The van der Waals surface area contributed by atoms with Gasteiger partial charge in [-0.05, 0) is 42.9 Å². The van der Waals surface area contributed by atoms with Gasteiger partial charge in [-0.1, -0.05) is 20.8 Å². The smallest absolute Gasteiger partial charge is 0.195 e. The molecule has 0 spiro atoms. The van der Waals surface area contributed by atoms with Crippen LogP contribution in [0.1, 0.15) is 46.5 Å². The number of nitrogens with zero attached hydrogens (tertiary/aromatic N) is 2. The largest absolute Gasteiger partial charge is 0.281 e. The van der Waals surface area contributed by atoms with Gasteiger partial charge in [-0.2, -0.15) is 17.0 Å². The second kappa shape index (κ2) is 6.73. The lowest BCUT2D eigenvalue weighted by atomic mass is 9.76. The van der Waals surface area contributed by atoms with Crippen molar-refractivity contribution < 1.29 is 8.42 Å². The van der Waals surface area contributed by atoms with E-state index in [1.165, 1.54) is 0 Å². The summed E-state index contributed by atoms with van der Waals surface area (Å²) in [5, 5.41) is 0. The first kappa shape index (κ1) is 17.5. The number of halogens is 1. The predicted molar refractivity (Wildman–Crippen MR) is 87.7 cm³/mol. The fourth-order valence-electron chi connectivity index (χ4n) is 3.41. The second-order valence-corrected chi connectivity index (χ2v) is 9.78. The van der Waals surface area contributed by atoms with Crippen LogP contribution in [0.25, 0.3) is 0 Å². The zero-order valence-electron chi connectivity index (χ0n) is 13.5. The van der Waals surface area contributed by atoms with Gasteiger partial charge in [0, 0.05) is 32.1 Å². The van der Waals surface area contributed by atoms with Crippen molar-refractivity contribution in [2.24, 2.45) is 17.3 Å². The van der Waals surface area contributed by atoms with Crippen LogP contribution in [0.15, 0.2) is 0 Å². The fourth-order valence-corrected chi connectivity index (χ4v) is 5.39. The normalized spacial score (nSPS) is 25.3. The summed E-state index contributed by atoms with van der Waals surface area (Å²) < 4.78 is 28.8. The number of hydrogen-bond donors (Lipinski definition) is 0. The summed E-state index contributed by atoms with van der Waals surface area (Å²) >= 11 is 5.87. The molecule has 2 aliphatic rings. The molecule has 2 fully saturated rings. The van der Waals surface area contributed by atoms with Crippen molar-refractivity contribution in [1.29, 1.82) is 0 Å². The van der Waals surface area contributed by atoms with Gasteiger partial charge in [-0.25, -0.2) is 0 Å². The van der Waals surface area contributed by atoms with E-state index in [9.17, 15) is 8.42 Å². The van der Waals surface area contributed by atoms with Gasteiger partial charge >= 0.3 is 0 Å². The monoisotopic (exact) mass is 336 g/mol. The highest BCUT2D eigenvalue weighted by Crippen LogP contribution is 2.35. The highest BCUT2D eigenvalue weighted by atomic mass is 35.5. The molecule has 0 N–H and O–H groups in total. The molecule has 0 amide bonds. The molecule has 0 aliphatic carbocycles. The van der Waals surface area contributed by atoms with Gasteiger partial charge in [0.25, 0.3) is 10.2 Å². The Balaban J connectivity index is 1.93. The Morgan fingerprint density at radius 3 is 1.76 bits per heavy atom. The van der Waals surface area contributed by atoms with Gasteiger partial charge in [0.1, 0.15) is 0 Å². The average molecular weight is 337 g/mol. The lowest BCUT2D eigenvalue weighted by molar-refractivity contribution is 0.147. The molecule has 0 radical (unpaired) electrons. The summed E-state index contributed by atoms with van der Waals surface area (Å²) in [6.45, 7) is 9.33. The van der Waals surface area contributed by atoms with Crippen LogP contribution in [-0.4, -0.2) is 49.1 Å². The van der Waals surface area contributed by atoms with Gasteiger partial charge in [0.05, 0.1) is 0 Å². The summed E-state index contributed by atoms with van der Waals surface area (Å²) in [7, 11) is -3.26. The van der Waals surface area contributed by atoms with E-state index in [1.807, 2.05) is 0 Å². The molecule has 0 bridgehead atoms. The molecule has 6 heteroatoms. The molecule has 0 aromatic rings. The second-order valence-electron chi connectivity index (χ2n) is 7.54. The van der Waals surface area contributed by atoms with E-state index < -0.39 is 10.2 Å². The zero-order valence-corrected chi connectivity index (χ0v) is 15.1. The predicted octanol–water partition coefficient (Wildman–Crippen LogP) is 2.94. The summed E-state index contributed by atoms with van der Waals surface area (Å²) in [5.74, 6) is 1.74. The minimum absolute atomic E-state index is 0.272. The topological polar surface area (TPSA) is 40.6 Å². The fraction of sp³-hybridized carbons (Fsp3) is 1.00. The van der Waals surface area contributed by atoms with E-state index in [4.69, 9.17) is 11.6 Å². The van der Waals surface area contributed by atoms with Crippen LogP contribution < -0.4 is 0 Å². The molecule has 0 aromatic heterocycles. The molecule has 2 rings (SSSR count). The summed E-state index contributed by atoms with van der Waals surface area (Å²) in [6.07, 6.45) is 3.73. The Hall–Kier alpha value is 0.160. The van der Waals surface area contributed by atoms with Crippen molar-refractivity contribution in [2.75, 3.05) is 32.1 Å². The molecular formula is C15H29ClN2O2S. The quantitative estimate of drug-likeness (QED) is 0.743. The third-order valence-corrected chi connectivity index (χ3v) is 7.59. The van der Waals surface area contributed by atoms with Crippen molar-refractivity contribution >= 4 is 21.8 Å². The van der Waals surface area contributed by atoms with Gasteiger partial charge in [0.15, 0.2) is 0 Å². The van der Waals surface area contributed by atoms with E-state index in [0.29, 0.717) is 43.9 Å². The van der Waals surface area contributed by atoms with Crippen molar-refractivity contribution in [3.05, 3.63) is 0 Å². The lowest BCUT2D eigenvalue weighted by Crippen LogP contribution is -2.50. The van der Waals surface area contributed by atoms with Crippen LogP contribution in [0.4, 0.5) is 0 Å². The van der Waals surface area contributed by atoms with Crippen molar-refractivity contribution in [3.63, 3.8) is 0 Å². The highest BCUT2D eigenvalue weighted by Gasteiger charge is 2.37. The standard InChI is InChI=1S/C15H29ClN2O2S/c1-15(2,3)14-6-10-18(11-7-14)21(19,20)17-8-4-13(12-16)5-9-17/h13-14H,4-12H2,1-3H3. The molecule has 0 atom stereocenters. The van der Waals surface area contributed by atoms with E-state index in [2.05, 4.69) is 20.8 Å². The van der Waals surface area contributed by atoms with Crippen LogP contribution in [0.5, 0.6) is 0 Å². The zero-order chi connectivity index (χ0) is 15.7. The molecule has 0 unspecified atom stereocenters. The maximum Gasteiger partial charge on any atom is 0.281 e. The minimum atomic E-state index is -3.26. The van der Waals surface area contributed by atoms with Crippen LogP contribution in [0.3, 0.4) is 0 Å². The number of alkyl halides is 1. The first-order chi connectivity index (χ1) is 9.75. The molecule has 0 aromatic carbocycles. The molecule has 2 heterocycles. The van der Waals surface area contributed by atoms with Crippen molar-refractivity contribution in [2.45, 2.75) is 46.5 Å². The van der Waals surface area contributed by atoms with E-state index in [0.717, 1.165) is 25.7 Å². The Kier molecular flexibility index (Phi) is 5.61. The Morgan fingerprint density at radius 1 is 0.952 bits per heavy atom. The van der Waals surface area contributed by atoms with Gasteiger partial charge < -0.3 is 0 Å². The molecule has 21 heavy (non-hydrogen) atoms. The SMILES string of the molecule is CC(C)(C)C1CCN(S(=O)(=O)N2CCC(CCl)CC2)CC1. The number of rotatable bonds is 3. The van der Waals surface area contributed by atoms with E-state index in [-0.39, 0.29) is 5.41 Å². The van der Waals surface area contributed by atoms with Crippen LogP contribution >= 0.6 is 11.6 Å². The summed E-state index contributed by atoms with van der Waals surface area (Å²) in [5.41, 5.74) is 0.272. The molecule has 4 nitrogen and oxygen atoms in total. The summed E-state index contributed by atoms with van der Waals surface area (Å²) in [6, 6.07) is 0. The first-order valence-electron chi connectivity index (χ1n) is 8.06. The molecule has 2 aliphatic heterocycles. The maximum absolute atomic E-state index is 12.7. The summed E-state index contributed by atoms with van der Waals surface area (Å²) in [4.78, 5) is 0. The van der Waals surface area contributed by atoms with E-state index >= 15 is 0 Å². The molecule has 124 valence electrons.